The Balaban J connectivity index is 2.01. The van der Waals surface area contributed by atoms with Crippen LogP contribution < -0.4 is 21.9 Å². The third-order valence-electron chi connectivity index (χ3n) is 5.96. The van der Waals surface area contributed by atoms with Gasteiger partial charge in [0.25, 0.3) is 11.5 Å². The molecule has 0 aliphatic carbocycles. The van der Waals surface area contributed by atoms with Crippen LogP contribution in [0.4, 0.5) is 11.5 Å². The predicted molar refractivity (Wildman–Crippen MR) is 127 cm³/mol. The number of piperidine rings is 1. The first-order valence-corrected chi connectivity index (χ1v) is 12.5. The summed E-state index contributed by atoms with van der Waals surface area (Å²) in [5.74, 6) is -0.718. The molecule has 10 nitrogen and oxygen atoms in total. The third-order valence-corrected chi connectivity index (χ3v) is 8.00. The molecular formula is C22H31N5O5S. The second kappa shape index (κ2) is 9.92. The Bertz CT molecular complexity index is 1260. The largest absolute Gasteiger partial charge is 0.383 e. The summed E-state index contributed by atoms with van der Waals surface area (Å²) in [6.45, 7) is 4.84. The standard InChI is InChI=1S/C22H31N5O5S/c1-4-5-13-27-19(23)18(20(28)24-22(27)30)25(3)21(29)16-10-9-15(2)17(14-16)33(31,32)26-11-7-6-8-12-26/h9-10,14H,4-8,11-13,23H2,1-3H3,(H,24,28,30). The summed E-state index contributed by atoms with van der Waals surface area (Å²) in [5.41, 5.74) is 5.17. The van der Waals surface area contributed by atoms with Crippen LogP contribution in [0.5, 0.6) is 0 Å². The van der Waals surface area contributed by atoms with E-state index in [1.165, 1.54) is 28.1 Å². The molecule has 3 N–H and O–H groups in total. The molecule has 0 saturated carbocycles. The summed E-state index contributed by atoms with van der Waals surface area (Å²) in [7, 11) is -2.38. The second-order valence-corrected chi connectivity index (χ2v) is 10.2. The molecule has 1 fully saturated rings. The fourth-order valence-corrected chi connectivity index (χ4v) is 5.76. The molecule has 2 aromatic rings. The first kappa shape index (κ1) is 24.7. The molecule has 11 heteroatoms. The first-order valence-electron chi connectivity index (χ1n) is 11.1. The van der Waals surface area contributed by atoms with Gasteiger partial charge in [0.1, 0.15) is 5.82 Å². The summed E-state index contributed by atoms with van der Waals surface area (Å²) in [6.07, 6.45) is 4.07. The topological polar surface area (TPSA) is 139 Å². The average Bonchev–Trinajstić information content (AvgIpc) is 2.79. The van der Waals surface area contributed by atoms with Gasteiger partial charge in [-0.15, -0.1) is 0 Å². The Morgan fingerprint density at radius 1 is 1.18 bits per heavy atom. The van der Waals surface area contributed by atoms with E-state index in [9.17, 15) is 22.8 Å². The number of nitrogens with two attached hydrogens (primary N) is 1. The van der Waals surface area contributed by atoms with Crippen molar-refractivity contribution < 1.29 is 13.2 Å². The lowest BCUT2D eigenvalue weighted by Gasteiger charge is -2.27. The number of aryl methyl sites for hydroxylation is 1. The van der Waals surface area contributed by atoms with Crippen LogP contribution >= 0.6 is 0 Å². The van der Waals surface area contributed by atoms with E-state index >= 15 is 0 Å². The molecule has 1 aliphatic heterocycles. The minimum Gasteiger partial charge on any atom is -0.383 e. The highest BCUT2D eigenvalue weighted by Gasteiger charge is 2.29. The number of hydrogen-bond acceptors (Lipinski definition) is 6. The van der Waals surface area contributed by atoms with Crippen molar-refractivity contribution in [3.05, 3.63) is 50.2 Å². The van der Waals surface area contributed by atoms with Crippen LogP contribution in [0.1, 0.15) is 54.9 Å². The smallest absolute Gasteiger partial charge is 0.330 e. The average molecular weight is 478 g/mol. The van der Waals surface area contributed by atoms with Crippen molar-refractivity contribution >= 4 is 27.4 Å². The van der Waals surface area contributed by atoms with Gasteiger partial charge in [0.15, 0.2) is 5.69 Å². The van der Waals surface area contributed by atoms with Crippen LogP contribution in [-0.4, -0.2) is 48.3 Å². The van der Waals surface area contributed by atoms with Crippen molar-refractivity contribution in [1.82, 2.24) is 13.9 Å². The maximum absolute atomic E-state index is 13.2. The van der Waals surface area contributed by atoms with Crippen LogP contribution in [0.25, 0.3) is 0 Å². The van der Waals surface area contributed by atoms with Gasteiger partial charge >= 0.3 is 5.69 Å². The molecule has 33 heavy (non-hydrogen) atoms. The van der Waals surface area contributed by atoms with E-state index < -0.39 is 27.2 Å². The Kier molecular flexibility index (Phi) is 7.43. The SMILES string of the molecule is CCCCn1c(N)c(N(C)C(=O)c2ccc(C)c(S(=O)(=O)N3CCCCC3)c2)c(=O)[nH]c1=O. The van der Waals surface area contributed by atoms with Gasteiger partial charge in [-0.25, -0.2) is 13.2 Å². The van der Waals surface area contributed by atoms with Gasteiger partial charge in [-0.3, -0.25) is 19.1 Å². The molecule has 1 aromatic heterocycles. The number of carbonyl (C=O) groups excluding carboxylic acids is 1. The highest BCUT2D eigenvalue weighted by atomic mass is 32.2. The van der Waals surface area contributed by atoms with E-state index in [1.807, 2.05) is 6.92 Å². The quantitative estimate of drug-likeness (QED) is 0.622. The molecule has 1 aliphatic rings. The number of nitrogen functional groups attached to an aromatic ring is 1. The summed E-state index contributed by atoms with van der Waals surface area (Å²) >= 11 is 0. The lowest BCUT2D eigenvalue weighted by atomic mass is 10.1. The van der Waals surface area contributed by atoms with Crippen molar-refractivity contribution in [2.75, 3.05) is 30.8 Å². The fourth-order valence-electron chi connectivity index (χ4n) is 3.99. The number of aromatic nitrogens is 2. The lowest BCUT2D eigenvalue weighted by Crippen LogP contribution is -2.39. The molecule has 0 atom stereocenters. The third kappa shape index (κ3) is 4.88. The van der Waals surface area contributed by atoms with Gasteiger partial charge < -0.3 is 10.6 Å². The number of nitrogens with zero attached hydrogens (tertiary/aromatic N) is 3. The lowest BCUT2D eigenvalue weighted by molar-refractivity contribution is 0.0992. The molecule has 1 aromatic carbocycles. The molecule has 0 spiro atoms. The van der Waals surface area contributed by atoms with Crippen LogP contribution in [0.2, 0.25) is 0 Å². The Morgan fingerprint density at radius 2 is 1.85 bits per heavy atom. The Labute approximate surface area is 193 Å². The number of carbonyl (C=O) groups is 1. The van der Waals surface area contributed by atoms with Crippen LogP contribution in [0.15, 0.2) is 32.7 Å². The normalized spacial score (nSPS) is 14.9. The second-order valence-electron chi connectivity index (χ2n) is 8.31. The summed E-state index contributed by atoms with van der Waals surface area (Å²) in [6, 6.07) is 4.43. The van der Waals surface area contributed by atoms with Gasteiger partial charge in [0.2, 0.25) is 10.0 Å². The van der Waals surface area contributed by atoms with E-state index in [4.69, 9.17) is 5.73 Å². The molecule has 2 heterocycles. The molecule has 3 rings (SSSR count). The van der Waals surface area contributed by atoms with Gasteiger partial charge in [-0.2, -0.15) is 4.31 Å². The zero-order valence-corrected chi connectivity index (χ0v) is 20.1. The molecule has 180 valence electrons. The molecule has 0 bridgehead atoms. The van der Waals surface area contributed by atoms with Gasteiger partial charge in [0.05, 0.1) is 4.90 Å². The number of H-pyrrole nitrogens is 1. The maximum Gasteiger partial charge on any atom is 0.330 e. The summed E-state index contributed by atoms with van der Waals surface area (Å²) in [5, 5.41) is 0. The number of unbranched alkanes of at least 4 members (excludes halogenated alkanes) is 1. The Morgan fingerprint density at radius 3 is 2.48 bits per heavy atom. The predicted octanol–water partition coefficient (Wildman–Crippen LogP) is 1.68. The van der Waals surface area contributed by atoms with Gasteiger partial charge in [-0.05, 0) is 43.9 Å². The monoisotopic (exact) mass is 477 g/mol. The number of amides is 1. The van der Waals surface area contributed by atoms with Crippen LogP contribution in [0, 0.1) is 6.92 Å². The minimum atomic E-state index is -3.75. The molecule has 1 amide bonds. The minimum absolute atomic E-state index is 0.0680. The van der Waals surface area contributed by atoms with Crippen LogP contribution in [0.3, 0.4) is 0 Å². The fraction of sp³-hybridized carbons (Fsp3) is 0.500. The number of anilines is 2. The number of nitrogens with one attached hydrogen (secondary N) is 1. The highest BCUT2D eigenvalue weighted by Crippen LogP contribution is 2.26. The van der Waals surface area contributed by atoms with E-state index in [-0.39, 0.29) is 22.0 Å². The van der Waals surface area contributed by atoms with Crippen molar-refractivity contribution in [3.63, 3.8) is 0 Å². The van der Waals surface area contributed by atoms with Crippen molar-refractivity contribution in [3.8, 4) is 0 Å². The zero-order valence-electron chi connectivity index (χ0n) is 19.3. The number of aromatic amines is 1. The van der Waals surface area contributed by atoms with E-state index in [0.29, 0.717) is 31.6 Å². The van der Waals surface area contributed by atoms with Crippen LogP contribution in [-0.2, 0) is 16.6 Å². The molecular weight excluding hydrogens is 446 g/mol. The van der Waals surface area contributed by atoms with E-state index in [0.717, 1.165) is 30.6 Å². The molecule has 0 radical (unpaired) electrons. The van der Waals surface area contributed by atoms with E-state index in [2.05, 4.69) is 4.98 Å². The first-order chi connectivity index (χ1) is 15.6. The van der Waals surface area contributed by atoms with Crippen molar-refractivity contribution in [2.45, 2.75) is 57.4 Å². The van der Waals surface area contributed by atoms with Crippen molar-refractivity contribution in [1.29, 1.82) is 0 Å². The summed E-state index contributed by atoms with van der Waals surface area (Å²) in [4.78, 5) is 41.3. The number of rotatable bonds is 7. The highest BCUT2D eigenvalue weighted by molar-refractivity contribution is 7.89. The van der Waals surface area contributed by atoms with Gasteiger partial charge in [-0.1, -0.05) is 25.8 Å². The maximum atomic E-state index is 13.2. The number of sulfonamides is 1. The molecule has 0 unspecified atom stereocenters. The van der Waals surface area contributed by atoms with E-state index in [1.54, 1.807) is 13.0 Å². The Hall–Kier alpha value is -2.92. The molecule has 1 saturated heterocycles. The van der Waals surface area contributed by atoms with Crippen molar-refractivity contribution in [2.24, 2.45) is 0 Å². The summed E-state index contributed by atoms with van der Waals surface area (Å²) < 4.78 is 29.1. The van der Waals surface area contributed by atoms with Gasteiger partial charge in [0, 0.05) is 32.2 Å². The number of hydrogen-bond donors (Lipinski definition) is 2. The zero-order chi connectivity index (χ0) is 24.3. The number of benzene rings is 1.